The van der Waals surface area contributed by atoms with E-state index in [-0.39, 0.29) is 17.9 Å². The molecule has 2 heterocycles. The van der Waals surface area contributed by atoms with E-state index in [0.29, 0.717) is 19.6 Å². The van der Waals surface area contributed by atoms with E-state index in [1.165, 1.54) is 0 Å². The number of thiophene rings is 1. The van der Waals surface area contributed by atoms with Gasteiger partial charge in [0, 0.05) is 28.1 Å². The van der Waals surface area contributed by atoms with Gasteiger partial charge in [0.2, 0.25) is 5.91 Å². The topological polar surface area (TPSA) is 61.4 Å². The largest absolute Gasteiger partial charge is 0.333 e. The molecule has 25 heavy (non-hydrogen) atoms. The number of piperidine rings is 1. The van der Waals surface area contributed by atoms with E-state index in [1.807, 2.05) is 41.8 Å². The molecule has 1 fully saturated rings. The normalized spacial score (nSPS) is 17.2. The van der Waals surface area contributed by atoms with Gasteiger partial charge in [-0.05, 0) is 42.5 Å². The third kappa shape index (κ3) is 5.06. The summed E-state index contributed by atoms with van der Waals surface area (Å²) in [6.07, 6.45) is 1.64. The van der Waals surface area contributed by atoms with Crippen LogP contribution in [0.5, 0.6) is 0 Å². The number of amides is 3. The van der Waals surface area contributed by atoms with Crippen molar-refractivity contribution in [2.45, 2.75) is 19.4 Å². The molecule has 1 aromatic carbocycles. The number of halogens is 1. The first-order valence-electron chi connectivity index (χ1n) is 8.23. The number of urea groups is 1. The molecule has 132 valence electrons. The van der Waals surface area contributed by atoms with Crippen LogP contribution in [0.2, 0.25) is 0 Å². The van der Waals surface area contributed by atoms with Crippen molar-refractivity contribution in [3.63, 3.8) is 0 Å². The lowest BCUT2D eigenvalue weighted by Gasteiger charge is -2.32. The van der Waals surface area contributed by atoms with Gasteiger partial charge in [0.1, 0.15) is 0 Å². The Bertz CT molecular complexity index is 736. The first kappa shape index (κ1) is 17.9. The molecule has 1 aliphatic heterocycles. The van der Waals surface area contributed by atoms with E-state index in [2.05, 4.69) is 26.6 Å². The maximum absolute atomic E-state index is 12.5. The van der Waals surface area contributed by atoms with Gasteiger partial charge in [0.15, 0.2) is 0 Å². The van der Waals surface area contributed by atoms with Crippen molar-refractivity contribution >= 4 is 44.9 Å². The number of carbonyl (C=O) groups excluding carboxylic acids is 2. The van der Waals surface area contributed by atoms with Crippen LogP contribution in [0.4, 0.5) is 10.5 Å². The Labute approximate surface area is 159 Å². The number of carbonyl (C=O) groups is 2. The number of nitrogens with one attached hydrogen (secondary N) is 2. The second-order valence-electron chi connectivity index (χ2n) is 6.02. The molecular weight excluding hydrogens is 402 g/mol. The lowest BCUT2D eigenvalue weighted by molar-refractivity contribution is -0.121. The fraction of sp³-hybridized carbons (Fsp3) is 0.333. The molecule has 0 radical (unpaired) electrons. The Kier molecular flexibility index (Phi) is 6.09. The minimum absolute atomic E-state index is 0.0335. The van der Waals surface area contributed by atoms with E-state index >= 15 is 0 Å². The predicted octanol–water partition coefficient (Wildman–Crippen LogP) is 4.07. The van der Waals surface area contributed by atoms with Crippen LogP contribution in [0.3, 0.4) is 0 Å². The zero-order valence-electron chi connectivity index (χ0n) is 13.7. The second-order valence-corrected chi connectivity index (χ2v) is 7.97. The van der Waals surface area contributed by atoms with Gasteiger partial charge in [-0.2, -0.15) is 0 Å². The molecule has 0 saturated carbocycles. The lowest BCUT2D eigenvalue weighted by atomic mass is 9.97. The Balaban J connectivity index is 1.53. The van der Waals surface area contributed by atoms with Gasteiger partial charge in [0.05, 0.1) is 12.5 Å². The van der Waals surface area contributed by atoms with Gasteiger partial charge in [-0.3, -0.25) is 4.79 Å². The molecule has 0 aliphatic carbocycles. The SMILES string of the molecule is O=C(Nc1cccc(Br)c1)C1CCCN(C(=O)NCc2cccs2)C1. The standard InChI is InChI=1S/C18H20BrN3O2S/c19-14-5-1-6-15(10-14)21-17(23)13-4-2-8-22(12-13)18(24)20-11-16-7-3-9-25-16/h1,3,5-7,9-10,13H,2,4,8,11-12H2,(H,20,24)(H,21,23). The molecule has 1 atom stereocenters. The van der Waals surface area contributed by atoms with E-state index in [0.717, 1.165) is 27.9 Å². The minimum atomic E-state index is -0.180. The summed E-state index contributed by atoms with van der Waals surface area (Å²) in [5.41, 5.74) is 0.763. The van der Waals surface area contributed by atoms with E-state index in [9.17, 15) is 9.59 Å². The minimum Gasteiger partial charge on any atom is -0.333 e. The Hall–Kier alpha value is -1.86. The van der Waals surface area contributed by atoms with Gasteiger partial charge < -0.3 is 15.5 Å². The van der Waals surface area contributed by atoms with Gasteiger partial charge in [-0.15, -0.1) is 11.3 Å². The maximum Gasteiger partial charge on any atom is 0.317 e. The van der Waals surface area contributed by atoms with Crippen molar-refractivity contribution in [2.75, 3.05) is 18.4 Å². The molecule has 1 unspecified atom stereocenters. The van der Waals surface area contributed by atoms with Crippen LogP contribution in [-0.2, 0) is 11.3 Å². The number of hydrogen-bond acceptors (Lipinski definition) is 3. The van der Waals surface area contributed by atoms with Gasteiger partial charge in [-0.1, -0.05) is 28.1 Å². The second kappa shape index (κ2) is 8.49. The molecule has 1 aromatic heterocycles. The Morgan fingerprint density at radius 3 is 2.92 bits per heavy atom. The van der Waals surface area contributed by atoms with Crippen LogP contribution in [0.1, 0.15) is 17.7 Å². The van der Waals surface area contributed by atoms with Crippen molar-refractivity contribution in [3.05, 3.63) is 51.1 Å². The van der Waals surface area contributed by atoms with Crippen LogP contribution in [-0.4, -0.2) is 29.9 Å². The summed E-state index contributed by atoms with van der Waals surface area (Å²) in [4.78, 5) is 27.7. The zero-order valence-corrected chi connectivity index (χ0v) is 16.1. The highest BCUT2D eigenvalue weighted by Crippen LogP contribution is 2.21. The molecule has 2 aromatic rings. The summed E-state index contributed by atoms with van der Waals surface area (Å²) in [6.45, 7) is 1.68. The van der Waals surface area contributed by atoms with Crippen LogP contribution in [0, 0.1) is 5.92 Å². The number of likely N-dealkylation sites (tertiary alicyclic amines) is 1. The molecule has 3 amide bonds. The molecule has 1 aliphatic rings. The number of nitrogens with zero attached hydrogens (tertiary/aromatic N) is 1. The number of rotatable bonds is 4. The number of benzene rings is 1. The van der Waals surface area contributed by atoms with Crippen LogP contribution in [0.15, 0.2) is 46.3 Å². The molecule has 0 spiro atoms. The summed E-state index contributed by atoms with van der Waals surface area (Å²) in [5, 5.41) is 7.86. The van der Waals surface area contributed by atoms with Crippen LogP contribution < -0.4 is 10.6 Å². The molecule has 3 rings (SSSR count). The molecule has 5 nitrogen and oxygen atoms in total. The first-order chi connectivity index (χ1) is 12.1. The zero-order chi connectivity index (χ0) is 17.6. The highest BCUT2D eigenvalue weighted by molar-refractivity contribution is 9.10. The Morgan fingerprint density at radius 2 is 2.16 bits per heavy atom. The smallest absolute Gasteiger partial charge is 0.317 e. The highest BCUT2D eigenvalue weighted by Gasteiger charge is 2.28. The fourth-order valence-corrected chi connectivity index (χ4v) is 3.92. The quantitative estimate of drug-likeness (QED) is 0.781. The number of hydrogen-bond donors (Lipinski definition) is 2. The summed E-state index contributed by atoms with van der Waals surface area (Å²) < 4.78 is 0.920. The molecule has 7 heteroatoms. The summed E-state index contributed by atoms with van der Waals surface area (Å²) >= 11 is 5.02. The average Bonchev–Trinajstić information content (AvgIpc) is 3.13. The van der Waals surface area contributed by atoms with Crippen LogP contribution >= 0.6 is 27.3 Å². The van der Waals surface area contributed by atoms with Gasteiger partial charge in [0.25, 0.3) is 0 Å². The van der Waals surface area contributed by atoms with Crippen molar-refractivity contribution in [1.82, 2.24) is 10.2 Å². The third-order valence-electron chi connectivity index (χ3n) is 4.17. The lowest BCUT2D eigenvalue weighted by Crippen LogP contribution is -2.47. The molecule has 0 bridgehead atoms. The average molecular weight is 422 g/mol. The number of anilines is 1. The maximum atomic E-state index is 12.5. The summed E-state index contributed by atoms with van der Waals surface area (Å²) in [7, 11) is 0. The highest BCUT2D eigenvalue weighted by atomic mass is 79.9. The molecule has 1 saturated heterocycles. The van der Waals surface area contributed by atoms with E-state index in [4.69, 9.17) is 0 Å². The Morgan fingerprint density at radius 1 is 1.28 bits per heavy atom. The molecule has 2 N–H and O–H groups in total. The van der Waals surface area contributed by atoms with Crippen molar-refractivity contribution < 1.29 is 9.59 Å². The monoisotopic (exact) mass is 421 g/mol. The van der Waals surface area contributed by atoms with Crippen molar-refractivity contribution in [2.24, 2.45) is 5.92 Å². The van der Waals surface area contributed by atoms with E-state index in [1.54, 1.807) is 16.2 Å². The summed E-state index contributed by atoms with van der Waals surface area (Å²) in [6, 6.07) is 11.4. The van der Waals surface area contributed by atoms with Gasteiger partial charge >= 0.3 is 6.03 Å². The van der Waals surface area contributed by atoms with Crippen molar-refractivity contribution in [3.8, 4) is 0 Å². The van der Waals surface area contributed by atoms with Crippen LogP contribution in [0.25, 0.3) is 0 Å². The van der Waals surface area contributed by atoms with E-state index < -0.39 is 0 Å². The first-order valence-corrected chi connectivity index (χ1v) is 9.90. The molecular formula is C18H20BrN3O2S. The van der Waals surface area contributed by atoms with Crippen molar-refractivity contribution in [1.29, 1.82) is 0 Å². The van der Waals surface area contributed by atoms with Gasteiger partial charge in [-0.25, -0.2) is 4.79 Å². The third-order valence-corrected chi connectivity index (χ3v) is 5.54. The summed E-state index contributed by atoms with van der Waals surface area (Å²) in [5.74, 6) is -0.214. The predicted molar refractivity (Wildman–Crippen MR) is 104 cm³/mol. The fourth-order valence-electron chi connectivity index (χ4n) is 2.87.